The standard InChI is InChI=1S/C19H23N3O/c1-19(2,16-8-4-3-5-9-16)18(23)22-14-12-21(13-15-22)17-10-6-7-11-20-17/h3-11H,12-15H2,1-2H3. The van der Waals surface area contributed by atoms with Gasteiger partial charge in [0, 0.05) is 32.4 Å². The Balaban J connectivity index is 1.67. The highest BCUT2D eigenvalue weighted by atomic mass is 16.2. The summed E-state index contributed by atoms with van der Waals surface area (Å²) in [4.78, 5) is 21.6. The molecule has 0 N–H and O–H groups in total. The molecule has 23 heavy (non-hydrogen) atoms. The zero-order valence-electron chi connectivity index (χ0n) is 13.8. The molecule has 2 heterocycles. The number of pyridine rings is 1. The smallest absolute Gasteiger partial charge is 0.232 e. The van der Waals surface area contributed by atoms with E-state index in [2.05, 4.69) is 9.88 Å². The SMILES string of the molecule is CC(C)(C(=O)N1CCN(c2ccccn2)CC1)c1ccccc1. The van der Waals surface area contributed by atoms with Crippen molar-refractivity contribution < 1.29 is 4.79 Å². The first-order valence-corrected chi connectivity index (χ1v) is 8.10. The second-order valence-corrected chi connectivity index (χ2v) is 6.46. The summed E-state index contributed by atoms with van der Waals surface area (Å²) >= 11 is 0. The minimum Gasteiger partial charge on any atom is -0.353 e. The normalized spacial score (nSPS) is 15.6. The van der Waals surface area contributed by atoms with Crippen molar-refractivity contribution in [3.8, 4) is 0 Å². The molecule has 0 atom stereocenters. The van der Waals surface area contributed by atoms with Gasteiger partial charge in [-0.2, -0.15) is 0 Å². The highest BCUT2D eigenvalue weighted by Crippen LogP contribution is 2.26. The van der Waals surface area contributed by atoms with E-state index in [0.717, 1.165) is 37.6 Å². The molecular weight excluding hydrogens is 286 g/mol. The molecule has 1 aromatic carbocycles. The van der Waals surface area contributed by atoms with Gasteiger partial charge in [0.2, 0.25) is 5.91 Å². The summed E-state index contributed by atoms with van der Waals surface area (Å²) in [6.45, 7) is 7.16. The number of piperazine rings is 1. The Hall–Kier alpha value is -2.36. The molecule has 1 fully saturated rings. The highest BCUT2D eigenvalue weighted by molar-refractivity contribution is 5.87. The lowest BCUT2D eigenvalue weighted by atomic mass is 9.83. The maximum absolute atomic E-state index is 13.0. The number of amides is 1. The molecule has 0 radical (unpaired) electrons. The third-order valence-corrected chi connectivity index (χ3v) is 4.57. The molecule has 1 saturated heterocycles. The van der Waals surface area contributed by atoms with Gasteiger partial charge in [-0.05, 0) is 31.5 Å². The van der Waals surface area contributed by atoms with E-state index < -0.39 is 5.41 Å². The van der Waals surface area contributed by atoms with Crippen molar-refractivity contribution in [2.24, 2.45) is 0 Å². The van der Waals surface area contributed by atoms with E-state index in [1.165, 1.54) is 0 Å². The van der Waals surface area contributed by atoms with Crippen LogP contribution in [0.2, 0.25) is 0 Å². The molecule has 1 aliphatic heterocycles. The van der Waals surface area contributed by atoms with Gasteiger partial charge in [-0.3, -0.25) is 4.79 Å². The summed E-state index contributed by atoms with van der Waals surface area (Å²) in [6.07, 6.45) is 1.81. The molecule has 2 aromatic rings. The fourth-order valence-electron chi connectivity index (χ4n) is 3.05. The van der Waals surface area contributed by atoms with Crippen molar-refractivity contribution in [1.29, 1.82) is 0 Å². The van der Waals surface area contributed by atoms with Crippen LogP contribution in [0.1, 0.15) is 19.4 Å². The van der Waals surface area contributed by atoms with Crippen molar-refractivity contribution >= 4 is 11.7 Å². The van der Waals surface area contributed by atoms with Gasteiger partial charge in [-0.1, -0.05) is 36.4 Å². The third-order valence-electron chi connectivity index (χ3n) is 4.57. The van der Waals surface area contributed by atoms with E-state index in [1.807, 2.05) is 73.5 Å². The first-order valence-electron chi connectivity index (χ1n) is 8.10. The molecule has 1 aliphatic rings. The molecule has 0 spiro atoms. The van der Waals surface area contributed by atoms with E-state index in [0.29, 0.717) is 0 Å². The van der Waals surface area contributed by atoms with Crippen molar-refractivity contribution in [2.75, 3.05) is 31.1 Å². The second kappa shape index (κ2) is 6.41. The first kappa shape index (κ1) is 15.5. The summed E-state index contributed by atoms with van der Waals surface area (Å²) in [6, 6.07) is 16.0. The number of hydrogen-bond acceptors (Lipinski definition) is 3. The monoisotopic (exact) mass is 309 g/mol. The highest BCUT2D eigenvalue weighted by Gasteiger charge is 2.35. The van der Waals surface area contributed by atoms with Gasteiger partial charge < -0.3 is 9.80 Å². The average molecular weight is 309 g/mol. The minimum absolute atomic E-state index is 0.198. The summed E-state index contributed by atoms with van der Waals surface area (Å²) in [7, 11) is 0. The zero-order chi connectivity index (χ0) is 16.3. The van der Waals surface area contributed by atoms with Crippen LogP contribution in [0.4, 0.5) is 5.82 Å². The Morgan fingerprint density at radius 1 is 0.957 bits per heavy atom. The summed E-state index contributed by atoms with van der Waals surface area (Å²) in [5.74, 6) is 1.19. The van der Waals surface area contributed by atoms with E-state index in [-0.39, 0.29) is 5.91 Å². The van der Waals surface area contributed by atoms with E-state index in [1.54, 1.807) is 0 Å². The van der Waals surface area contributed by atoms with Crippen LogP contribution in [0.25, 0.3) is 0 Å². The number of hydrogen-bond donors (Lipinski definition) is 0. The zero-order valence-corrected chi connectivity index (χ0v) is 13.8. The summed E-state index contributed by atoms with van der Waals surface area (Å²) in [5, 5.41) is 0. The van der Waals surface area contributed by atoms with Crippen molar-refractivity contribution in [3.05, 3.63) is 60.3 Å². The molecule has 0 bridgehead atoms. The van der Waals surface area contributed by atoms with E-state index >= 15 is 0 Å². The Bertz CT molecular complexity index is 647. The van der Waals surface area contributed by atoms with Gasteiger partial charge in [0.15, 0.2) is 0 Å². The number of nitrogens with zero attached hydrogens (tertiary/aromatic N) is 3. The Labute approximate surface area is 137 Å². The Kier molecular flexibility index (Phi) is 4.33. The van der Waals surface area contributed by atoms with Crippen LogP contribution in [0.5, 0.6) is 0 Å². The van der Waals surface area contributed by atoms with Gasteiger partial charge >= 0.3 is 0 Å². The molecule has 0 unspecified atom stereocenters. The number of carbonyl (C=O) groups is 1. The van der Waals surface area contributed by atoms with Crippen LogP contribution < -0.4 is 4.90 Å². The van der Waals surface area contributed by atoms with Crippen LogP contribution in [-0.2, 0) is 10.2 Å². The molecule has 1 amide bonds. The quantitative estimate of drug-likeness (QED) is 0.875. The van der Waals surface area contributed by atoms with Crippen molar-refractivity contribution in [2.45, 2.75) is 19.3 Å². The van der Waals surface area contributed by atoms with Crippen LogP contribution in [-0.4, -0.2) is 42.0 Å². The number of aromatic nitrogens is 1. The van der Waals surface area contributed by atoms with Crippen LogP contribution in [0, 0.1) is 0 Å². The molecule has 4 nitrogen and oxygen atoms in total. The number of anilines is 1. The van der Waals surface area contributed by atoms with Crippen LogP contribution in [0.3, 0.4) is 0 Å². The van der Waals surface area contributed by atoms with E-state index in [9.17, 15) is 4.79 Å². The van der Waals surface area contributed by atoms with Crippen LogP contribution >= 0.6 is 0 Å². The largest absolute Gasteiger partial charge is 0.353 e. The van der Waals surface area contributed by atoms with Crippen molar-refractivity contribution in [3.63, 3.8) is 0 Å². The third kappa shape index (κ3) is 3.21. The molecule has 120 valence electrons. The van der Waals surface area contributed by atoms with Crippen molar-refractivity contribution in [1.82, 2.24) is 9.88 Å². The van der Waals surface area contributed by atoms with E-state index in [4.69, 9.17) is 0 Å². The van der Waals surface area contributed by atoms with Gasteiger partial charge in [0.05, 0.1) is 5.41 Å². The number of carbonyl (C=O) groups excluding carboxylic acids is 1. The fourth-order valence-corrected chi connectivity index (χ4v) is 3.05. The predicted molar refractivity (Wildman–Crippen MR) is 92.5 cm³/mol. The second-order valence-electron chi connectivity index (χ2n) is 6.46. The maximum atomic E-state index is 13.0. The van der Waals surface area contributed by atoms with Crippen LogP contribution in [0.15, 0.2) is 54.7 Å². The Morgan fingerprint density at radius 3 is 2.22 bits per heavy atom. The lowest BCUT2D eigenvalue weighted by Gasteiger charge is -2.39. The van der Waals surface area contributed by atoms with Gasteiger partial charge in [-0.15, -0.1) is 0 Å². The molecule has 0 saturated carbocycles. The average Bonchev–Trinajstić information content (AvgIpc) is 2.63. The maximum Gasteiger partial charge on any atom is 0.232 e. The number of rotatable bonds is 3. The van der Waals surface area contributed by atoms with Gasteiger partial charge in [0.1, 0.15) is 5.82 Å². The fraction of sp³-hybridized carbons (Fsp3) is 0.368. The predicted octanol–water partition coefficient (Wildman–Crippen LogP) is 2.71. The lowest BCUT2D eigenvalue weighted by Crippen LogP contribution is -2.53. The molecule has 4 heteroatoms. The van der Waals surface area contributed by atoms with Gasteiger partial charge in [0.25, 0.3) is 0 Å². The Morgan fingerprint density at radius 2 is 1.61 bits per heavy atom. The summed E-state index contributed by atoms with van der Waals surface area (Å²) in [5.41, 5.74) is 0.575. The molecular formula is C19H23N3O. The number of benzene rings is 1. The molecule has 1 aromatic heterocycles. The lowest BCUT2D eigenvalue weighted by molar-refractivity contribution is -0.136. The summed E-state index contributed by atoms with van der Waals surface area (Å²) < 4.78 is 0. The van der Waals surface area contributed by atoms with Gasteiger partial charge in [-0.25, -0.2) is 4.98 Å². The molecule has 3 rings (SSSR count). The molecule has 0 aliphatic carbocycles. The minimum atomic E-state index is -0.492. The first-order chi connectivity index (χ1) is 11.1. The topological polar surface area (TPSA) is 36.4 Å².